The summed E-state index contributed by atoms with van der Waals surface area (Å²) in [5, 5.41) is 0. The largest absolute Gasteiger partial charge is 0.369 e. The zero-order valence-corrected chi connectivity index (χ0v) is 12.3. The van der Waals surface area contributed by atoms with Crippen LogP contribution in [0.2, 0.25) is 0 Å². The lowest BCUT2D eigenvalue weighted by Crippen LogP contribution is -2.30. The number of rotatable bonds is 10. The predicted molar refractivity (Wildman–Crippen MR) is 73.7 cm³/mol. The fraction of sp³-hybridized carbons (Fsp3) is 0.923. The Balaban J connectivity index is 3.59. The van der Waals surface area contributed by atoms with Crippen LogP contribution in [0.5, 0.6) is 0 Å². The number of primary amides is 1. The monoisotopic (exact) mass is 291 g/mol. The van der Waals surface area contributed by atoms with Crippen molar-refractivity contribution in [3.8, 4) is 0 Å². The Bertz CT molecular complexity index is 185. The van der Waals surface area contributed by atoms with Crippen LogP contribution in [0.3, 0.4) is 0 Å². The van der Waals surface area contributed by atoms with E-state index in [1.807, 2.05) is 0 Å². The highest BCUT2D eigenvalue weighted by atomic mass is 79.9. The molecule has 2 N–H and O–H groups in total. The summed E-state index contributed by atoms with van der Waals surface area (Å²) >= 11 is 3.39. The average molecular weight is 292 g/mol. The molecule has 0 aliphatic carbocycles. The van der Waals surface area contributed by atoms with Gasteiger partial charge in [-0.2, -0.15) is 0 Å². The fourth-order valence-corrected chi connectivity index (χ4v) is 2.61. The van der Waals surface area contributed by atoms with Gasteiger partial charge >= 0.3 is 0 Å². The van der Waals surface area contributed by atoms with Crippen LogP contribution >= 0.6 is 15.9 Å². The van der Waals surface area contributed by atoms with Crippen LogP contribution in [-0.2, 0) is 4.79 Å². The quantitative estimate of drug-likeness (QED) is 0.480. The van der Waals surface area contributed by atoms with E-state index in [1.165, 1.54) is 38.5 Å². The summed E-state index contributed by atoms with van der Waals surface area (Å²) in [6.07, 6.45) is 9.96. The first-order valence-electron chi connectivity index (χ1n) is 6.56. The van der Waals surface area contributed by atoms with Gasteiger partial charge in [0.05, 0.1) is 4.83 Å². The summed E-state index contributed by atoms with van der Waals surface area (Å²) in [5.74, 6) is 0.182. The standard InChI is InChI=1S/C13H26BrNO/c1-3-5-6-7-8-9-10-11(4-2)12(14)13(15)16/h11-12H,3-10H2,1-2H3,(H2,15,16). The molecule has 96 valence electrons. The highest BCUT2D eigenvalue weighted by Gasteiger charge is 2.21. The first-order valence-corrected chi connectivity index (χ1v) is 7.48. The van der Waals surface area contributed by atoms with Crippen molar-refractivity contribution in [1.29, 1.82) is 0 Å². The van der Waals surface area contributed by atoms with Crippen LogP contribution in [-0.4, -0.2) is 10.7 Å². The number of halogens is 1. The van der Waals surface area contributed by atoms with Gasteiger partial charge in [0.1, 0.15) is 0 Å². The third-order valence-electron chi connectivity index (χ3n) is 3.14. The summed E-state index contributed by atoms with van der Waals surface area (Å²) in [4.78, 5) is 10.9. The molecule has 0 heterocycles. The zero-order valence-electron chi connectivity index (χ0n) is 10.7. The molecule has 0 saturated carbocycles. The molecule has 0 aromatic carbocycles. The number of nitrogens with two attached hydrogens (primary N) is 1. The van der Waals surface area contributed by atoms with E-state index in [4.69, 9.17) is 5.73 Å². The Morgan fingerprint density at radius 2 is 1.69 bits per heavy atom. The topological polar surface area (TPSA) is 43.1 Å². The molecular weight excluding hydrogens is 266 g/mol. The van der Waals surface area contributed by atoms with Crippen molar-refractivity contribution >= 4 is 21.8 Å². The Labute approximate surface area is 108 Å². The van der Waals surface area contributed by atoms with Crippen LogP contribution < -0.4 is 5.73 Å². The number of hydrogen-bond acceptors (Lipinski definition) is 1. The number of carbonyl (C=O) groups is 1. The summed E-state index contributed by atoms with van der Waals surface area (Å²) < 4.78 is 0. The Morgan fingerprint density at radius 1 is 1.12 bits per heavy atom. The minimum atomic E-state index is -0.224. The first kappa shape index (κ1) is 16.0. The van der Waals surface area contributed by atoms with Crippen molar-refractivity contribution in [2.24, 2.45) is 11.7 Å². The van der Waals surface area contributed by atoms with E-state index in [0.29, 0.717) is 5.92 Å². The van der Waals surface area contributed by atoms with Gasteiger partial charge in [-0.1, -0.05) is 74.7 Å². The summed E-state index contributed by atoms with van der Waals surface area (Å²) in [6, 6.07) is 0. The van der Waals surface area contributed by atoms with Gasteiger partial charge in [-0.25, -0.2) is 0 Å². The SMILES string of the molecule is CCCCCCCCC(CC)C(Br)C(N)=O. The predicted octanol–water partition coefficient (Wildman–Crippen LogP) is 4.01. The molecule has 16 heavy (non-hydrogen) atoms. The van der Waals surface area contributed by atoms with Crippen LogP contribution in [0.25, 0.3) is 0 Å². The van der Waals surface area contributed by atoms with Gasteiger partial charge in [-0.05, 0) is 12.3 Å². The lowest BCUT2D eigenvalue weighted by molar-refractivity contribution is -0.118. The van der Waals surface area contributed by atoms with Gasteiger partial charge in [0.25, 0.3) is 0 Å². The molecule has 2 atom stereocenters. The van der Waals surface area contributed by atoms with Crippen LogP contribution in [0.1, 0.15) is 65.2 Å². The van der Waals surface area contributed by atoms with Gasteiger partial charge in [0, 0.05) is 0 Å². The molecule has 2 unspecified atom stereocenters. The normalized spacial score (nSPS) is 14.7. The lowest BCUT2D eigenvalue weighted by Gasteiger charge is -2.18. The van der Waals surface area contributed by atoms with Gasteiger partial charge in [-0.3, -0.25) is 4.79 Å². The minimum absolute atomic E-state index is 0.145. The number of amides is 1. The maximum absolute atomic E-state index is 11.0. The number of alkyl halides is 1. The van der Waals surface area contributed by atoms with E-state index in [9.17, 15) is 4.79 Å². The van der Waals surface area contributed by atoms with E-state index in [1.54, 1.807) is 0 Å². The molecule has 1 amide bonds. The van der Waals surface area contributed by atoms with Crippen LogP contribution in [0.15, 0.2) is 0 Å². The van der Waals surface area contributed by atoms with Crippen molar-refractivity contribution in [3.63, 3.8) is 0 Å². The van der Waals surface area contributed by atoms with Crippen molar-refractivity contribution in [2.45, 2.75) is 70.0 Å². The van der Waals surface area contributed by atoms with E-state index in [0.717, 1.165) is 12.8 Å². The minimum Gasteiger partial charge on any atom is -0.369 e. The van der Waals surface area contributed by atoms with E-state index in [-0.39, 0.29) is 10.7 Å². The molecule has 0 aliphatic heterocycles. The Morgan fingerprint density at radius 3 is 2.19 bits per heavy atom. The van der Waals surface area contributed by atoms with Crippen molar-refractivity contribution < 1.29 is 4.79 Å². The van der Waals surface area contributed by atoms with Gasteiger partial charge in [-0.15, -0.1) is 0 Å². The number of unbranched alkanes of at least 4 members (excludes halogenated alkanes) is 5. The molecule has 2 nitrogen and oxygen atoms in total. The Hall–Kier alpha value is -0.0500. The second-order valence-corrected chi connectivity index (χ2v) is 5.52. The molecule has 0 bridgehead atoms. The molecule has 3 heteroatoms. The molecule has 0 radical (unpaired) electrons. The molecule has 0 aromatic heterocycles. The number of hydrogen-bond donors (Lipinski definition) is 1. The van der Waals surface area contributed by atoms with Gasteiger partial charge in [0.2, 0.25) is 5.91 Å². The smallest absolute Gasteiger partial charge is 0.231 e. The van der Waals surface area contributed by atoms with Crippen LogP contribution in [0, 0.1) is 5.92 Å². The van der Waals surface area contributed by atoms with E-state index >= 15 is 0 Å². The van der Waals surface area contributed by atoms with Crippen molar-refractivity contribution in [3.05, 3.63) is 0 Å². The van der Waals surface area contributed by atoms with E-state index < -0.39 is 0 Å². The fourth-order valence-electron chi connectivity index (χ4n) is 1.98. The van der Waals surface area contributed by atoms with Gasteiger partial charge < -0.3 is 5.73 Å². The van der Waals surface area contributed by atoms with Crippen molar-refractivity contribution in [2.75, 3.05) is 0 Å². The molecule has 0 fully saturated rings. The molecule has 0 rings (SSSR count). The second kappa shape index (κ2) is 10.1. The summed E-state index contributed by atoms with van der Waals surface area (Å²) in [6.45, 7) is 4.36. The van der Waals surface area contributed by atoms with Gasteiger partial charge in [0.15, 0.2) is 0 Å². The summed E-state index contributed by atoms with van der Waals surface area (Å²) in [5.41, 5.74) is 5.30. The number of carbonyl (C=O) groups excluding carboxylic acids is 1. The maximum atomic E-state index is 11.0. The molecule has 0 spiro atoms. The molecule has 0 aromatic rings. The molecule has 0 saturated heterocycles. The maximum Gasteiger partial charge on any atom is 0.231 e. The summed E-state index contributed by atoms with van der Waals surface area (Å²) in [7, 11) is 0. The second-order valence-electron chi connectivity index (χ2n) is 4.53. The Kier molecular flexibility index (Phi) is 10.1. The van der Waals surface area contributed by atoms with E-state index in [2.05, 4.69) is 29.8 Å². The third kappa shape index (κ3) is 7.26. The zero-order chi connectivity index (χ0) is 12.4. The lowest BCUT2D eigenvalue weighted by atomic mass is 9.94. The third-order valence-corrected chi connectivity index (χ3v) is 4.34. The average Bonchev–Trinajstić information content (AvgIpc) is 2.27. The highest BCUT2D eigenvalue weighted by molar-refractivity contribution is 9.10. The highest BCUT2D eigenvalue weighted by Crippen LogP contribution is 2.23. The molecule has 0 aliphatic rings. The van der Waals surface area contributed by atoms with Crippen molar-refractivity contribution in [1.82, 2.24) is 0 Å². The first-order chi connectivity index (χ1) is 7.63. The van der Waals surface area contributed by atoms with Crippen LogP contribution in [0.4, 0.5) is 0 Å². The molecular formula is C13H26BrNO.